The van der Waals surface area contributed by atoms with Gasteiger partial charge < -0.3 is 4.57 Å². The van der Waals surface area contributed by atoms with Crippen LogP contribution in [0.1, 0.15) is 5.56 Å². The SMILES string of the molecule is N#Cc1ccc2ccc3c(-c4ccc(P(=O)(c5ccccc5)c5ccccc5)cc4)c4ccc5ccccc5c4nc3c2c1. The number of fused-ring (bicyclic) bond motifs is 6. The molecule has 0 aliphatic rings. The number of rotatable bonds is 4. The lowest BCUT2D eigenvalue weighted by Gasteiger charge is -2.21. The first kappa shape index (κ1) is 26.1. The van der Waals surface area contributed by atoms with Gasteiger partial charge in [-0.3, -0.25) is 0 Å². The molecule has 206 valence electrons. The van der Waals surface area contributed by atoms with Gasteiger partial charge in [-0.15, -0.1) is 0 Å². The lowest BCUT2D eigenvalue weighted by atomic mass is 9.92. The van der Waals surface area contributed by atoms with E-state index in [1.165, 1.54) is 0 Å². The fourth-order valence-electron chi connectivity index (χ4n) is 6.40. The molecule has 4 heteroatoms. The van der Waals surface area contributed by atoms with Gasteiger partial charge in [0.05, 0.1) is 22.7 Å². The molecule has 8 rings (SSSR count). The first-order chi connectivity index (χ1) is 21.6. The first-order valence-electron chi connectivity index (χ1n) is 14.6. The summed E-state index contributed by atoms with van der Waals surface area (Å²) >= 11 is 0. The van der Waals surface area contributed by atoms with E-state index in [2.05, 4.69) is 54.6 Å². The minimum Gasteiger partial charge on any atom is -0.309 e. The van der Waals surface area contributed by atoms with Crippen molar-refractivity contribution in [3.8, 4) is 17.2 Å². The molecule has 44 heavy (non-hydrogen) atoms. The van der Waals surface area contributed by atoms with Gasteiger partial charge in [-0.1, -0.05) is 140 Å². The monoisotopic (exact) mass is 580 g/mol. The van der Waals surface area contributed by atoms with E-state index >= 15 is 4.57 Å². The number of benzene rings is 7. The third-order valence-corrected chi connectivity index (χ3v) is 11.6. The maximum atomic E-state index is 15.0. The minimum atomic E-state index is -3.10. The molecule has 0 saturated heterocycles. The van der Waals surface area contributed by atoms with E-state index in [0.29, 0.717) is 5.56 Å². The summed E-state index contributed by atoms with van der Waals surface area (Å²) in [6, 6.07) is 52.6. The molecule has 0 spiro atoms. The van der Waals surface area contributed by atoms with Crippen LogP contribution in [0, 0.1) is 11.3 Å². The Labute approximate surface area is 255 Å². The molecule has 0 aliphatic heterocycles. The van der Waals surface area contributed by atoms with Crippen molar-refractivity contribution in [3.05, 3.63) is 157 Å². The second-order valence-corrected chi connectivity index (χ2v) is 13.8. The van der Waals surface area contributed by atoms with Crippen molar-refractivity contribution in [2.24, 2.45) is 0 Å². The molecule has 8 aromatic rings. The third-order valence-electron chi connectivity index (χ3n) is 8.54. The summed E-state index contributed by atoms with van der Waals surface area (Å²) in [5, 5.41) is 18.3. The predicted molar refractivity (Wildman–Crippen MR) is 184 cm³/mol. The summed E-state index contributed by atoms with van der Waals surface area (Å²) < 4.78 is 15.0. The lowest BCUT2D eigenvalue weighted by Crippen LogP contribution is -2.24. The summed E-state index contributed by atoms with van der Waals surface area (Å²) in [5.41, 5.74) is 4.48. The molecular weight excluding hydrogens is 555 g/mol. The van der Waals surface area contributed by atoms with Gasteiger partial charge in [0.15, 0.2) is 7.14 Å². The molecule has 0 unspecified atom stereocenters. The molecule has 1 heterocycles. The molecule has 0 bridgehead atoms. The van der Waals surface area contributed by atoms with Crippen molar-refractivity contribution < 1.29 is 4.57 Å². The van der Waals surface area contributed by atoms with Crippen LogP contribution in [-0.2, 0) is 4.57 Å². The number of hydrogen-bond donors (Lipinski definition) is 0. The Kier molecular flexibility index (Phi) is 6.12. The molecule has 0 N–H and O–H groups in total. The van der Waals surface area contributed by atoms with Crippen molar-refractivity contribution in [2.45, 2.75) is 0 Å². The predicted octanol–water partition coefficient (Wildman–Crippen LogP) is 8.87. The number of nitriles is 1. The standard InChI is InChI=1S/C40H25N2OP/c41-26-27-15-16-29-20-24-36-38(35-23-19-28-9-7-8-14-34(28)39(35)42-40(36)37(29)25-27)30-17-21-33(22-18-30)44(43,31-10-3-1-4-11-31)32-12-5-2-6-13-32/h1-25H. The Hall–Kier alpha value is -5.55. The van der Waals surface area contributed by atoms with Crippen LogP contribution in [-0.4, -0.2) is 4.98 Å². The highest BCUT2D eigenvalue weighted by Gasteiger charge is 2.29. The molecule has 7 aromatic carbocycles. The van der Waals surface area contributed by atoms with Gasteiger partial charge in [0.25, 0.3) is 0 Å². The van der Waals surface area contributed by atoms with E-state index in [0.717, 1.165) is 70.4 Å². The van der Waals surface area contributed by atoms with Crippen LogP contribution in [0.3, 0.4) is 0 Å². The van der Waals surface area contributed by atoms with Gasteiger partial charge >= 0.3 is 0 Å². The second kappa shape index (κ2) is 10.3. The Morgan fingerprint density at radius 1 is 0.500 bits per heavy atom. The van der Waals surface area contributed by atoms with E-state index in [9.17, 15) is 5.26 Å². The average Bonchev–Trinajstić information content (AvgIpc) is 3.10. The molecular formula is C40H25N2OP. The van der Waals surface area contributed by atoms with Crippen LogP contribution in [0.4, 0.5) is 0 Å². The molecule has 0 radical (unpaired) electrons. The molecule has 0 aliphatic carbocycles. The van der Waals surface area contributed by atoms with Crippen molar-refractivity contribution in [1.82, 2.24) is 4.98 Å². The van der Waals surface area contributed by atoms with Gasteiger partial charge in [-0.25, -0.2) is 4.98 Å². The van der Waals surface area contributed by atoms with Crippen LogP contribution < -0.4 is 15.9 Å². The summed E-state index contributed by atoms with van der Waals surface area (Å²) in [4.78, 5) is 5.28. The number of pyridine rings is 1. The van der Waals surface area contributed by atoms with Crippen LogP contribution in [0.15, 0.2) is 152 Å². The zero-order valence-electron chi connectivity index (χ0n) is 23.7. The Morgan fingerprint density at radius 2 is 1.02 bits per heavy atom. The van der Waals surface area contributed by atoms with Crippen LogP contribution in [0.25, 0.3) is 54.5 Å². The maximum Gasteiger partial charge on any atom is 0.171 e. The molecule has 0 saturated carbocycles. The minimum absolute atomic E-state index is 0.605. The quantitative estimate of drug-likeness (QED) is 0.119. The van der Waals surface area contributed by atoms with Crippen molar-refractivity contribution in [1.29, 1.82) is 5.26 Å². The molecule has 1 aromatic heterocycles. The van der Waals surface area contributed by atoms with Crippen molar-refractivity contribution in [2.75, 3.05) is 0 Å². The summed E-state index contributed by atoms with van der Waals surface area (Å²) in [6.45, 7) is 0. The summed E-state index contributed by atoms with van der Waals surface area (Å²) in [7, 11) is -3.10. The highest BCUT2D eigenvalue weighted by Crippen LogP contribution is 2.44. The van der Waals surface area contributed by atoms with Gasteiger partial charge in [-0.05, 0) is 28.5 Å². The van der Waals surface area contributed by atoms with Crippen LogP contribution in [0.2, 0.25) is 0 Å². The lowest BCUT2D eigenvalue weighted by molar-refractivity contribution is 0.592. The van der Waals surface area contributed by atoms with Crippen LogP contribution in [0.5, 0.6) is 0 Å². The van der Waals surface area contributed by atoms with E-state index in [1.54, 1.807) is 0 Å². The van der Waals surface area contributed by atoms with E-state index in [1.807, 2.05) is 103 Å². The first-order valence-corrected chi connectivity index (χ1v) is 16.3. The van der Waals surface area contributed by atoms with E-state index in [4.69, 9.17) is 4.98 Å². The summed E-state index contributed by atoms with van der Waals surface area (Å²) in [6.07, 6.45) is 0. The number of aromatic nitrogens is 1. The topological polar surface area (TPSA) is 53.8 Å². The van der Waals surface area contributed by atoms with E-state index < -0.39 is 7.14 Å². The molecule has 0 atom stereocenters. The third kappa shape index (κ3) is 4.04. The number of hydrogen-bond acceptors (Lipinski definition) is 3. The van der Waals surface area contributed by atoms with Gasteiger partial charge in [0.1, 0.15) is 0 Å². The van der Waals surface area contributed by atoms with Gasteiger partial charge in [-0.2, -0.15) is 5.26 Å². The van der Waals surface area contributed by atoms with Gasteiger partial charge in [0.2, 0.25) is 0 Å². The second-order valence-electron chi connectivity index (χ2n) is 11.0. The molecule has 0 amide bonds. The number of nitrogens with zero attached hydrogens (tertiary/aromatic N) is 2. The zero-order chi connectivity index (χ0) is 29.7. The highest BCUT2D eigenvalue weighted by molar-refractivity contribution is 7.85. The normalized spacial score (nSPS) is 11.7. The van der Waals surface area contributed by atoms with Crippen molar-refractivity contribution >= 4 is 66.4 Å². The fraction of sp³-hybridized carbons (Fsp3) is 0. The van der Waals surface area contributed by atoms with Crippen molar-refractivity contribution in [3.63, 3.8) is 0 Å². The molecule has 3 nitrogen and oxygen atoms in total. The average molecular weight is 581 g/mol. The zero-order valence-corrected chi connectivity index (χ0v) is 24.6. The highest BCUT2D eigenvalue weighted by atomic mass is 31.2. The largest absolute Gasteiger partial charge is 0.309 e. The maximum absolute atomic E-state index is 15.0. The smallest absolute Gasteiger partial charge is 0.171 e. The van der Waals surface area contributed by atoms with E-state index in [-0.39, 0.29) is 0 Å². The molecule has 0 fully saturated rings. The fourth-order valence-corrected chi connectivity index (χ4v) is 9.05. The Bertz CT molecular complexity index is 2420. The summed E-state index contributed by atoms with van der Waals surface area (Å²) in [5.74, 6) is 0. The Balaban J connectivity index is 1.42. The Morgan fingerprint density at radius 3 is 1.66 bits per heavy atom. The van der Waals surface area contributed by atoms with Crippen LogP contribution >= 0.6 is 7.14 Å². The van der Waals surface area contributed by atoms with Gasteiger partial charge in [0, 0.05) is 43.0 Å².